The Morgan fingerprint density at radius 3 is 2.38 bits per heavy atom. The number of amidine groups is 1. The van der Waals surface area contributed by atoms with E-state index in [0.717, 1.165) is 16.9 Å². The summed E-state index contributed by atoms with van der Waals surface area (Å²) in [4.78, 5) is 30.1. The summed E-state index contributed by atoms with van der Waals surface area (Å²) in [7, 11) is 1.64. The first-order valence-corrected chi connectivity index (χ1v) is 14.2. The first-order chi connectivity index (χ1) is 19.4. The fourth-order valence-corrected chi connectivity index (χ4v) is 5.91. The van der Waals surface area contributed by atoms with Gasteiger partial charge in [0, 0.05) is 7.05 Å². The van der Waals surface area contributed by atoms with Crippen LogP contribution >= 0.6 is 11.8 Å². The minimum atomic E-state index is -2.09. The van der Waals surface area contributed by atoms with Gasteiger partial charge in [0.25, 0.3) is 5.91 Å². The molecule has 5 rings (SSSR count). The predicted octanol–water partition coefficient (Wildman–Crippen LogP) is 7.64. The van der Waals surface area contributed by atoms with Crippen molar-refractivity contribution in [2.24, 2.45) is 4.99 Å². The van der Waals surface area contributed by atoms with Gasteiger partial charge in [-0.2, -0.15) is 0 Å². The Hall–Kier alpha value is -3.91. The smallest absolute Gasteiger partial charge is 0.343 e. The lowest BCUT2D eigenvalue weighted by Gasteiger charge is -2.22. The zero-order valence-corrected chi connectivity index (χ0v) is 23.1. The summed E-state index contributed by atoms with van der Waals surface area (Å²) in [5.41, 5.74) is 3.97. The van der Waals surface area contributed by atoms with Crippen LogP contribution in [0.25, 0.3) is 6.08 Å². The van der Waals surface area contributed by atoms with Crippen LogP contribution in [-0.2, 0) is 16.2 Å². The number of rotatable bonds is 8. The highest BCUT2D eigenvalue weighted by Gasteiger charge is 2.30. The van der Waals surface area contributed by atoms with Gasteiger partial charge >= 0.3 is 5.97 Å². The maximum atomic E-state index is 13.7. The SMILES string of the molecule is CN1C(=O)/C(=C/c2ccc(OCc3ccc(C4CCCCC4)cc3)cc2)SC1=Nc1ccc(C(F)C(=O)O)cc1. The number of carboxylic acid groups (broad SMARTS) is 1. The monoisotopic (exact) mass is 558 g/mol. The number of nitrogens with zero attached hydrogens (tertiary/aromatic N) is 2. The van der Waals surface area contributed by atoms with Gasteiger partial charge < -0.3 is 9.84 Å². The number of likely N-dealkylation sites (N-methyl/N-ethyl adjacent to an activating group) is 1. The first-order valence-electron chi connectivity index (χ1n) is 13.4. The molecule has 2 fully saturated rings. The number of alkyl halides is 1. The van der Waals surface area contributed by atoms with Crippen LogP contribution in [0.2, 0.25) is 0 Å². The number of halogens is 1. The summed E-state index contributed by atoms with van der Waals surface area (Å²) in [6.07, 6.45) is 6.32. The van der Waals surface area contributed by atoms with Gasteiger partial charge in [-0.1, -0.05) is 67.8 Å². The molecule has 3 aromatic rings. The molecule has 1 unspecified atom stereocenters. The fourth-order valence-electron chi connectivity index (χ4n) is 4.92. The lowest BCUT2D eigenvalue weighted by molar-refractivity contribution is -0.143. The van der Waals surface area contributed by atoms with Gasteiger partial charge in [0.05, 0.1) is 10.6 Å². The van der Waals surface area contributed by atoms with E-state index in [0.29, 0.717) is 28.3 Å². The second kappa shape index (κ2) is 12.5. The zero-order chi connectivity index (χ0) is 28.1. The first kappa shape index (κ1) is 27.6. The second-order valence-electron chi connectivity index (χ2n) is 10.1. The van der Waals surface area contributed by atoms with E-state index in [9.17, 15) is 14.0 Å². The number of hydrogen-bond donors (Lipinski definition) is 1. The number of hydrogen-bond acceptors (Lipinski definition) is 5. The molecule has 1 saturated carbocycles. The number of benzene rings is 3. The van der Waals surface area contributed by atoms with Gasteiger partial charge in [-0.3, -0.25) is 9.69 Å². The number of ether oxygens (including phenoxy) is 1. The number of thioether (sulfide) groups is 1. The highest BCUT2D eigenvalue weighted by molar-refractivity contribution is 8.18. The van der Waals surface area contributed by atoms with E-state index in [1.165, 1.54) is 78.6 Å². The zero-order valence-electron chi connectivity index (χ0n) is 22.3. The lowest BCUT2D eigenvalue weighted by atomic mass is 9.84. The van der Waals surface area contributed by atoms with Crippen LogP contribution in [-0.4, -0.2) is 34.1 Å². The van der Waals surface area contributed by atoms with Gasteiger partial charge in [-0.05, 0) is 83.1 Å². The van der Waals surface area contributed by atoms with Crippen LogP contribution in [0.4, 0.5) is 10.1 Å². The van der Waals surface area contributed by atoms with Crippen LogP contribution in [0.5, 0.6) is 5.75 Å². The topological polar surface area (TPSA) is 79.2 Å². The average Bonchev–Trinajstić information content (AvgIpc) is 3.25. The Morgan fingerprint density at radius 1 is 1.05 bits per heavy atom. The number of amides is 1. The van der Waals surface area contributed by atoms with Crippen molar-refractivity contribution >= 4 is 40.6 Å². The van der Waals surface area contributed by atoms with Gasteiger partial charge in [0.2, 0.25) is 6.17 Å². The Morgan fingerprint density at radius 2 is 1.73 bits per heavy atom. The molecule has 8 heteroatoms. The van der Waals surface area contributed by atoms with E-state index < -0.39 is 12.1 Å². The van der Waals surface area contributed by atoms with Crippen molar-refractivity contribution in [2.75, 3.05) is 7.05 Å². The van der Waals surface area contributed by atoms with Gasteiger partial charge in [-0.25, -0.2) is 14.2 Å². The van der Waals surface area contributed by atoms with Crippen LogP contribution in [0.15, 0.2) is 82.7 Å². The molecule has 40 heavy (non-hydrogen) atoms. The molecule has 1 atom stereocenters. The summed E-state index contributed by atoms with van der Waals surface area (Å²) in [5.74, 6) is -0.262. The lowest BCUT2D eigenvalue weighted by Crippen LogP contribution is -2.23. The third kappa shape index (κ3) is 6.62. The van der Waals surface area contributed by atoms with Crippen molar-refractivity contribution in [3.8, 4) is 5.75 Å². The molecular weight excluding hydrogens is 527 g/mol. The summed E-state index contributed by atoms with van der Waals surface area (Å²) < 4.78 is 19.7. The third-order valence-corrected chi connectivity index (χ3v) is 8.33. The van der Waals surface area contributed by atoms with E-state index in [4.69, 9.17) is 9.84 Å². The number of carboxylic acids is 1. The molecule has 1 N–H and O–H groups in total. The maximum absolute atomic E-state index is 13.7. The standard InChI is InChI=1S/C32H31FN2O4S/c1-35-30(36)28(40-32(35)34-26-15-13-25(14-16-26)29(33)31(37)38)19-21-9-17-27(18-10-21)39-20-22-7-11-24(12-8-22)23-5-3-2-4-6-23/h7-19,23,29H,2-6,20H2,1H3,(H,37,38)/b28-19-,34-32?. The molecule has 0 bridgehead atoms. The normalized spacial score (nSPS) is 18.9. The number of carbonyl (C=O) groups is 2. The number of aliphatic imine (C=N–C) groups is 1. The Bertz CT molecular complexity index is 1410. The van der Waals surface area contributed by atoms with E-state index in [2.05, 4.69) is 29.3 Å². The Balaban J connectivity index is 1.18. The van der Waals surface area contributed by atoms with E-state index >= 15 is 0 Å². The second-order valence-corrected chi connectivity index (χ2v) is 11.1. The average molecular weight is 559 g/mol. The molecule has 0 radical (unpaired) electrons. The van der Waals surface area contributed by atoms with Crippen molar-refractivity contribution < 1.29 is 23.8 Å². The van der Waals surface area contributed by atoms with Crippen molar-refractivity contribution in [2.45, 2.75) is 50.8 Å². The molecule has 206 valence electrons. The van der Waals surface area contributed by atoms with Crippen molar-refractivity contribution in [1.82, 2.24) is 4.90 Å². The summed E-state index contributed by atoms with van der Waals surface area (Å²) in [6, 6.07) is 22.2. The van der Waals surface area contributed by atoms with E-state index in [1.807, 2.05) is 30.3 Å². The molecule has 1 heterocycles. The summed E-state index contributed by atoms with van der Waals surface area (Å²) >= 11 is 1.24. The minimum Gasteiger partial charge on any atom is -0.489 e. The van der Waals surface area contributed by atoms with E-state index in [1.54, 1.807) is 7.05 Å². The molecule has 3 aromatic carbocycles. The van der Waals surface area contributed by atoms with Crippen LogP contribution in [0.3, 0.4) is 0 Å². The molecular formula is C32H31FN2O4S. The van der Waals surface area contributed by atoms with Gasteiger partial charge in [-0.15, -0.1) is 0 Å². The largest absolute Gasteiger partial charge is 0.489 e. The van der Waals surface area contributed by atoms with Gasteiger partial charge in [0.1, 0.15) is 12.4 Å². The molecule has 1 aliphatic heterocycles. The van der Waals surface area contributed by atoms with Crippen LogP contribution in [0.1, 0.15) is 66.4 Å². The maximum Gasteiger partial charge on any atom is 0.343 e. The van der Waals surface area contributed by atoms with Gasteiger partial charge in [0.15, 0.2) is 5.17 Å². The molecule has 6 nitrogen and oxygen atoms in total. The Kier molecular flexibility index (Phi) is 8.65. The molecule has 2 aliphatic rings. The van der Waals surface area contributed by atoms with Crippen molar-refractivity contribution in [3.05, 3.63) is 100.0 Å². The predicted molar refractivity (Wildman–Crippen MR) is 156 cm³/mol. The highest BCUT2D eigenvalue weighted by atomic mass is 32.2. The molecule has 0 spiro atoms. The molecule has 1 saturated heterocycles. The van der Waals surface area contributed by atoms with Crippen molar-refractivity contribution in [3.63, 3.8) is 0 Å². The molecule has 1 aliphatic carbocycles. The summed E-state index contributed by atoms with van der Waals surface area (Å²) in [6.45, 7) is 0.494. The number of carbonyl (C=O) groups excluding carboxylic acids is 1. The Labute approximate surface area is 237 Å². The quantitative estimate of drug-likeness (QED) is 0.287. The molecule has 1 amide bonds. The highest BCUT2D eigenvalue weighted by Crippen LogP contribution is 2.34. The molecule has 0 aromatic heterocycles. The van der Waals surface area contributed by atoms with Crippen LogP contribution < -0.4 is 4.74 Å². The summed E-state index contributed by atoms with van der Waals surface area (Å²) in [5, 5.41) is 9.30. The third-order valence-electron chi connectivity index (χ3n) is 7.27. The van der Waals surface area contributed by atoms with Crippen LogP contribution in [0, 0.1) is 0 Å². The minimum absolute atomic E-state index is 0.0422. The van der Waals surface area contributed by atoms with E-state index in [-0.39, 0.29) is 11.5 Å². The van der Waals surface area contributed by atoms with Crippen molar-refractivity contribution in [1.29, 1.82) is 0 Å². The fraction of sp³-hybridized carbons (Fsp3) is 0.281. The number of aliphatic carboxylic acids is 1.